The Morgan fingerprint density at radius 2 is 2.07 bits per heavy atom. The molecule has 6 heteroatoms. The molecule has 0 saturated carbocycles. The number of likely N-dealkylation sites (tertiary alicyclic amines) is 1. The van der Waals surface area contributed by atoms with Gasteiger partial charge in [-0.2, -0.15) is 0 Å². The fourth-order valence-electron chi connectivity index (χ4n) is 5.22. The summed E-state index contributed by atoms with van der Waals surface area (Å²) in [5.74, 6) is 2.50. The third kappa shape index (κ3) is 4.03. The molecular weight excluding hydrogens is 383 g/mol. The van der Waals surface area contributed by atoms with Gasteiger partial charge in [0.1, 0.15) is 11.6 Å². The molecule has 5 nitrogen and oxygen atoms in total. The van der Waals surface area contributed by atoms with Crippen molar-refractivity contribution in [2.75, 3.05) is 39.5 Å². The molecule has 2 fully saturated rings. The fraction of sp³-hybridized carbons (Fsp3) is 0.542. The molecule has 2 aromatic rings. The smallest absolute Gasteiger partial charge is 0.213 e. The predicted molar refractivity (Wildman–Crippen MR) is 111 cm³/mol. The van der Waals surface area contributed by atoms with E-state index in [-0.39, 0.29) is 17.8 Å². The first-order valence-corrected chi connectivity index (χ1v) is 11.0. The zero-order valence-electron chi connectivity index (χ0n) is 17.4. The van der Waals surface area contributed by atoms with Crippen molar-refractivity contribution in [1.29, 1.82) is 0 Å². The van der Waals surface area contributed by atoms with Crippen LogP contribution < -0.4 is 9.47 Å². The number of pyridine rings is 1. The monoisotopic (exact) mass is 412 g/mol. The van der Waals surface area contributed by atoms with Gasteiger partial charge >= 0.3 is 0 Å². The molecule has 0 amide bonds. The third-order valence-electron chi connectivity index (χ3n) is 6.74. The lowest BCUT2D eigenvalue weighted by molar-refractivity contribution is 0.0456. The molecule has 0 bridgehead atoms. The lowest BCUT2D eigenvalue weighted by atomic mass is 9.85. The van der Waals surface area contributed by atoms with E-state index in [4.69, 9.17) is 14.2 Å². The van der Waals surface area contributed by atoms with Gasteiger partial charge in [-0.25, -0.2) is 9.37 Å². The largest absolute Gasteiger partial charge is 0.493 e. The lowest BCUT2D eigenvalue weighted by Gasteiger charge is -2.36. The Bertz CT molecular complexity index is 887. The minimum atomic E-state index is -0.201. The van der Waals surface area contributed by atoms with E-state index in [2.05, 4.69) is 9.88 Å². The molecule has 0 unspecified atom stereocenters. The number of rotatable bonds is 5. The molecular formula is C24H29FN2O3. The average Bonchev–Trinajstić information content (AvgIpc) is 3.11. The second-order valence-electron chi connectivity index (χ2n) is 8.80. The summed E-state index contributed by atoms with van der Waals surface area (Å²) in [6, 6.07) is 10.9. The minimum absolute atomic E-state index is 0.173. The van der Waals surface area contributed by atoms with Crippen molar-refractivity contribution in [1.82, 2.24) is 9.88 Å². The van der Waals surface area contributed by atoms with Crippen LogP contribution in [0.5, 0.6) is 11.6 Å². The summed E-state index contributed by atoms with van der Waals surface area (Å²) >= 11 is 0. The van der Waals surface area contributed by atoms with E-state index in [0.29, 0.717) is 30.9 Å². The molecule has 1 aromatic heterocycles. The molecule has 0 radical (unpaired) electrons. The maximum absolute atomic E-state index is 14.1. The first kappa shape index (κ1) is 19.8. The number of fused-ring (bicyclic) bond motifs is 3. The number of aromatic nitrogens is 1. The van der Waals surface area contributed by atoms with E-state index in [1.807, 2.05) is 25.1 Å². The van der Waals surface area contributed by atoms with Gasteiger partial charge in [0.05, 0.1) is 13.2 Å². The molecule has 30 heavy (non-hydrogen) atoms. The van der Waals surface area contributed by atoms with Crippen molar-refractivity contribution >= 4 is 0 Å². The average molecular weight is 413 g/mol. The van der Waals surface area contributed by atoms with Gasteiger partial charge in [-0.05, 0) is 49.9 Å². The second kappa shape index (κ2) is 8.52. The molecule has 0 spiro atoms. The van der Waals surface area contributed by atoms with Gasteiger partial charge in [0.15, 0.2) is 0 Å². The number of hydrogen-bond donors (Lipinski definition) is 0. The van der Waals surface area contributed by atoms with Crippen LogP contribution in [0.15, 0.2) is 36.4 Å². The zero-order valence-corrected chi connectivity index (χ0v) is 17.4. The van der Waals surface area contributed by atoms with E-state index in [1.54, 1.807) is 12.1 Å². The highest BCUT2D eigenvalue weighted by Gasteiger charge is 2.47. The Labute approximate surface area is 177 Å². The molecule has 1 aromatic carbocycles. The van der Waals surface area contributed by atoms with Crippen molar-refractivity contribution in [3.05, 3.63) is 53.5 Å². The maximum atomic E-state index is 14.1. The highest BCUT2D eigenvalue weighted by Crippen LogP contribution is 2.48. The summed E-state index contributed by atoms with van der Waals surface area (Å²) in [6.07, 6.45) is 2.18. The van der Waals surface area contributed by atoms with Gasteiger partial charge in [-0.3, -0.25) is 4.90 Å². The Kier molecular flexibility index (Phi) is 5.61. The SMILES string of the molecule is Cc1cccc(OC[C@@H]2CN(CC3CCOCC3)[C@H]3c4cc(F)ccc4OC[C@@H]23)n1. The predicted octanol–water partition coefficient (Wildman–Crippen LogP) is 4.02. The van der Waals surface area contributed by atoms with Crippen molar-refractivity contribution in [3.8, 4) is 11.6 Å². The van der Waals surface area contributed by atoms with Crippen LogP contribution in [0.1, 0.15) is 30.1 Å². The summed E-state index contributed by atoms with van der Waals surface area (Å²) in [4.78, 5) is 7.01. The molecule has 0 N–H and O–H groups in total. The molecule has 0 aliphatic carbocycles. The van der Waals surface area contributed by atoms with Crippen LogP contribution >= 0.6 is 0 Å². The quantitative estimate of drug-likeness (QED) is 0.742. The molecule has 3 atom stereocenters. The van der Waals surface area contributed by atoms with Gasteiger partial charge in [-0.15, -0.1) is 0 Å². The van der Waals surface area contributed by atoms with Crippen molar-refractivity contribution in [2.24, 2.45) is 17.8 Å². The molecule has 4 heterocycles. The fourth-order valence-corrected chi connectivity index (χ4v) is 5.22. The maximum Gasteiger partial charge on any atom is 0.213 e. The van der Waals surface area contributed by atoms with E-state index >= 15 is 0 Å². The normalized spacial score (nSPS) is 26.7. The second-order valence-corrected chi connectivity index (χ2v) is 8.80. The first-order chi connectivity index (χ1) is 14.7. The van der Waals surface area contributed by atoms with E-state index in [1.165, 1.54) is 6.07 Å². The summed E-state index contributed by atoms with van der Waals surface area (Å²) in [5, 5.41) is 0. The molecule has 160 valence electrons. The Hall–Kier alpha value is -2.18. The molecule has 2 saturated heterocycles. The lowest BCUT2D eigenvalue weighted by Crippen LogP contribution is -2.36. The summed E-state index contributed by atoms with van der Waals surface area (Å²) in [6.45, 7) is 6.82. The van der Waals surface area contributed by atoms with Crippen LogP contribution in [-0.2, 0) is 4.74 Å². The number of halogens is 1. The van der Waals surface area contributed by atoms with Crippen LogP contribution in [0.3, 0.4) is 0 Å². The zero-order chi connectivity index (χ0) is 20.5. The molecule has 3 aliphatic rings. The Balaban J connectivity index is 1.37. The highest BCUT2D eigenvalue weighted by molar-refractivity contribution is 5.39. The van der Waals surface area contributed by atoms with Crippen LogP contribution in [-0.4, -0.2) is 49.4 Å². The van der Waals surface area contributed by atoms with Crippen LogP contribution in [0.2, 0.25) is 0 Å². The van der Waals surface area contributed by atoms with Gasteiger partial charge in [0.2, 0.25) is 5.88 Å². The van der Waals surface area contributed by atoms with Crippen molar-refractivity contribution in [3.63, 3.8) is 0 Å². The summed E-state index contributed by atoms with van der Waals surface area (Å²) in [5.41, 5.74) is 1.93. The number of hydrogen-bond acceptors (Lipinski definition) is 5. The summed E-state index contributed by atoms with van der Waals surface area (Å²) in [7, 11) is 0. The van der Waals surface area contributed by atoms with Gasteiger partial charge in [-0.1, -0.05) is 6.07 Å². The van der Waals surface area contributed by atoms with Gasteiger partial charge < -0.3 is 14.2 Å². The van der Waals surface area contributed by atoms with E-state index in [9.17, 15) is 4.39 Å². The van der Waals surface area contributed by atoms with E-state index in [0.717, 1.165) is 56.2 Å². The highest BCUT2D eigenvalue weighted by atomic mass is 19.1. The number of aryl methyl sites for hydroxylation is 1. The van der Waals surface area contributed by atoms with Crippen LogP contribution in [0.25, 0.3) is 0 Å². The topological polar surface area (TPSA) is 43.8 Å². The number of benzene rings is 1. The first-order valence-electron chi connectivity index (χ1n) is 11.0. The van der Waals surface area contributed by atoms with Gasteiger partial charge in [0.25, 0.3) is 0 Å². The summed E-state index contributed by atoms with van der Waals surface area (Å²) < 4.78 is 31.8. The Morgan fingerprint density at radius 3 is 2.90 bits per heavy atom. The molecule has 3 aliphatic heterocycles. The van der Waals surface area contributed by atoms with Crippen LogP contribution in [0.4, 0.5) is 4.39 Å². The minimum Gasteiger partial charge on any atom is -0.493 e. The number of nitrogens with zero attached hydrogens (tertiary/aromatic N) is 2. The number of ether oxygens (including phenoxy) is 3. The standard InChI is InChI=1S/C24H29FN2O3/c1-16-3-2-4-23(26-16)30-14-18-13-27(12-17-7-9-28-10-8-17)24-20-11-19(25)5-6-22(20)29-15-21(18)24/h2-6,11,17-18,21,24H,7-10,12-15H2,1H3/t18-,21-,24-/m0/s1. The molecule has 5 rings (SSSR count). The third-order valence-corrected chi connectivity index (χ3v) is 6.74. The van der Waals surface area contributed by atoms with Crippen LogP contribution in [0, 0.1) is 30.5 Å². The van der Waals surface area contributed by atoms with Crippen molar-refractivity contribution < 1.29 is 18.6 Å². The van der Waals surface area contributed by atoms with Gasteiger partial charge in [0, 0.05) is 61.5 Å². The van der Waals surface area contributed by atoms with Crippen molar-refractivity contribution in [2.45, 2.75) is 25.8 Å². The Morgan fingerprint density at radius 1 is 1.20 bits per heavy atom. The van der Waals surface area contributed by atoms with E-state index < -0.39 is 0 Å².